The molecule has 0 aliphatic carbocycles. The minimum atomic E-state index is -1.04. The van der Waals surface area contributed by atoms with Crippen LogP contribution in [-0.2, 0) is 11.0 Å². The topological polar surface area (TPSA) is 40.5 Å². The number of rotatable bonds is 6. The first-order chi connectivity index (χ1) is 16.6. The molecule has 1 aliphatic heterocycles. The van der Waals surface area contributed by atoms with Gasteiger partial charge in [0, 0.05) is 5.56 Å². The minimum Gasteiger partial charge on any atom is -0.380 e. The number of likely N-dealkylation sites (tertiary alicyclic amines) is 1. The number of nitrogens with zero attached hydrogens (tertiary/aromatic N) is 1. The van der Waals surface area contributed by atoms with E-state index in [1.807, 2.05) is 12.1 Å². The Bertz CT molecular complexity index is 1080. The Labute approximate surface area is 210 Å². The van der Waals surface area contributed by atoms with Gasteiger partial charge in [-0.3, -0.25) is 9.69 Å². The number of carbonyl (C=O) groups is 1. The lowest BCUT2D eigenvalue weighted by atomic mass is 9.72. The largest absolute Gasteiger partial charge is 0.380 e. The number of aliphatic hydroxyl groups is 1. The Balaban J connectivity index is 1.47. The molecule has 3 nitrogen and oxygen atoms in total. The molecule has 0 saturated carbocycles. The number of benzene rings is 3. The molecule has 1 fully saturated rings. The van der Waals surface area contributed by atoms with E-state index in [2.05, 4.69) is 100 Å². The molecule has 0 unspecified atom stereocenters. The fourth-order valence-electron chi connectivity index (χ4n) is 5.21. The maximum Gasteiger partial charge on any atom is 0.176 e. The molecule has 35 heavy (non-hydrogen) atoms. The van der Waals surface area contributed by atoms with Crippen LogP contribution in [-0.4, -0.2) is 35.4 Å². The number of aryl methyl sites for hydroxylation is 2. The van der Waals surface area contributed by atoms with Gasteiger partial charge in [0.25, 0.3) is 0 Å². The number of carbonyl (C=O) groups excluding carboxylic acids is 1. The summed E-state index contributed by atoms with van der Waals surface area (Å²) in [6.45, 7) is 12.7. The summed E-state index contributed by atoms with van der Waals surface area (Å²) in [7, 11) is 0. The van der Waals surface area contributed by atoms with Crippen LogP contribution < -0.4 is 0 Å². The van der Waals surface area contributed by atoms with Crippen molar-refractivity contribution in [2.75, 3.05) is 19.6 Å². The Hall–Kier alpha value is -2.75. The van der Waals surface area contributed by atoms with Crippen LogP contribution in [0.2, 0.25) is 0 Å². The molecule has 0 aromatic heterocycles. The number of hydrogen-bond donors (Lipinski definition) is 1. The van der Waals surface area contributed by atoms with Gasteiger partial charge in [-0.2, -0.15) is 0 Å². The molecule has 0 radical (unpaired) electrons. The van der Waals surface area contributed by atoms with Crippen LogP contribution in [0.25, 0.3) is 0 Å². The third-order valence-corrected chi connectivity index (χ3v) is 7.60. The van der Waals surface area contributed by atoms with Crippen molar-refractivity contribution < 1.29 is 9.90 Å². The minimum absolute atomic E-state index is 0.0785. The van der Waals surface area contributed by atoms with Crippen molar-refractivity contribution in [2.24, 2.45) is 5.92 Å². The standard InChI is InChI=1S/C32H39NO2/c1-23-6-12-27(13-7-23)32(35,28-14-8-24(2)9-15-28)29-18-20-33(21-19-29)22-30(34)25-10-16-26(17-11-25)31(3,4)5/h6-17,29,35H,18-22H2,1-5H3. The maximum absolute atomic E-state index is 13.0. The summed E-state index contributed by atoms with van der Waals surface area (Å²) in [5.74, 6) is 0.251. The van der Waals surface area contributed by atoms with Crippen LogP contribution in [0.4, 0.5) is 0 Å². The van der Waals surface area contributed by atoms with Crippen LogP contribution in [0, 0.1) is 19.8 Å². The van der Waals surface area contributed by atoms with E-state index in [1.165, 1.54) is 16.7 Å². The van der Waals surface area contributed by atoms with Gasteiger partial charge < -0.3 is 5.11 Å². The average molecular weight is 470 g/mol. The number of ketones is 1. The van der Waals surface area contributed by atoms with Gasteiger partial charge in [-0.15, -0.1) is 0 Å². The second kappa shape index (κ2) is 10.1. The van der Waals surface area contributed by atoms with E-state index in [-0.39, 0.29) is 17.1 Å². The van der Waals surface area contributed by atoms with Gasteiger partial charge in [-0.1, -0.05) is 105 Å². The predicted molar refractivity (Wildman–Crippen MR) is 144 cm³/mol. The van der Waals surface area contributed by atoms with Crippen LogP contribution in [0.5, 0.6) is 0 Å². The number of piperidine rings is 1. The number of hydrogen-bond acceptors (Lipinski definition) is 3. The van der Waals surface area contributed by atoms with Crippen molar-refractivity contribution >= 4 is 5.78 Å². The van der Waals surface area contributed by atoms with Crippen LogP contribution in [0.15, 0.2) is 72.8 Å². The van der Waals surface area contributed by atoms with Crippen molar-refractivity contribution in [1.82, 2.24) is 4.90 Å². The van der Waals surface area contributed by atoms with E-state index in [0.717, 1.165) is 42.6 Å². The third kappa shape index (κ3) is 5.58. The van der Waals surface area contributed by atoms with Crippen molar-refractivity contribution in [3.8, 4) is 0 Å². The summed E-state index contributed by atoms with van der Waals surface area (Å²) >= 11 is 0. The van der Waals surface area contributed by atoms with Crippen molar-refractivity contribution in [1.29, 1.82) is 0 Å². The highest BCUT2D eigenvalue weighted by molar-refractivity contribution is 5.97. The molecule has 1 heterocycles. The van der Waals surface area contributed by atoms with E-state index >= 15 is 0 Å². The summed E-state index contributed by atoms with van der Waals surface area (Å²) in [5.41, 5.74) is 5.31. The van der Waals surface area contributed by atoms with Gasteiger partial charge in [0.05, 0.1) is 6.54 Å². The van der Waals surface area contributed by atoms with Gasteiger partial charge in [0.2, 0.25) is 0 Å². The molecule has 3 heteroatoms. The monoisotopic (exact) mass is 469 g/mol. The van der Waals surface area contributed by atoms with Gasteiger partial charge in [-0.05, 0) is 67.8 Å². The molecule has 1 N–H and O–H groups in total. The SMILES string of the molecule is Cc1ccc(C(O)(c2ccc(C)cc2)C2CCN(CC(=O)c3ccc(C(C)(C)C)cc3)CC2)cc1. The first kappa shape index (κ1) is 25.3. The molecule has 0 amide bonds. The fourth-order valence-corrected chi connectivity index (χ4v) is 5.21. The molecule has 0 spiro atoms. The molecule has 0 atom stereocenters. The zero-order chi connectivity index (χ0) is 25.2. The first-order valence-electron chi connectivity index (χ1n) is 12.8. The van der Waals surface area contributed by atoms with Crippen LogP contribution >= 0.6 is 0 Å². The van der Waals surface area contributed by atoms with Crippen LogP contribution in [0.1, 0.15) is 71.8 Å². The average Bonchev–Trinajstić information content (AvgIpc) is 2.84. The summed E-state index contributed by atoms with van der Waals surface area (Å²) in [4.78, 5) is 15.2. The van der Waals surface area contributed by atoms with E-state index < -0.39 is 5.60 Å². The second-order valence-electron chi connectivity index (χ2n) is 11.3. The maximum atomic E-state index is 13.0. The van der Waals surface area contributed by atoms with Crippen molar-refractivity contribution in [3.63, 3.8) is 0 Å². The van der Waals surface area contributed by atoms with E-state index in [1.54, 1.807) is 0 Å². The lowest BCUT2D eigenvalue weighted by Gasteiger charge is -2.42. The predicted octanol–water partition coefficient (Wildman–Crippen LogP) is 6.43. The highest BCUT2D eigenvalue weighted by Crippen LogP contribution is 2.42. The summed E-state index contributed by atoms with van der Waals surface area (Å²) in [6.07, 6.45) is 1.68. The van der Waals surface area contributed by atoms with Gasteiger partial charge in [0.15, 0.2) is 5.78 Å². The summed E-state index contributed by atoms with van der Waals surface area (Å²) < 4.78 is 0. The summed E-state index contributed by atoms with van der Waals surface area (Å²) in [5, 5.41) is 12.2. The van der Waals surface area contributed by atoms with Crippen LogP contribution in [0.3, 0.4) is 0 Å². The Kier molecular flexibility index (Phi) is 7.30. The highest BCUT2D eigenvalue weighted by atomic mass is 16.3. The van der Waals surface area contributed by atoms with E-state index in [0.29, 0.717) is 6.54 Å². The molecule has 3 aromatic rings. The molecule has 1 aliphatic rings. The lowest BCUT2D eigenvalue weighted by Crippen LogP contribution is -2.45. The zero-order valence-electron chi connectivity index (χ0n) is 21.8. The zero-order valence-corrected chi connectivity index (χ0v) is 21.8. The molecule has 184 valence electrons. The summed E-state index contributed by atoms with van der Waals surface area (Å²) in [6, 6.07) is 24.6. The smallest absolute Gasteiger partial charge is 0.176 e. The molecular formula is C32H39NO2. The van der Waals surface area contributed by atoms with Gasteiger partial charge >= 0.3 is 0 Å². The van der Waals surface area contributed by atoms with E-state index in [9.17, 15) is 9.90 Å². The van der Waals surface area contributed by atoms with Crippen molar-refractivity contribution in [2.45, 2.75) is 58.5 Å². The molecule has 4 rings (SSSR count). The van der Waals surface area contributed by atoms with Gasteiger partial charge in [0.1, 0.15) is 5.60 Å². The normalized spacial score (nSPS) is 15.8. The van der Waals surface area contributed by atoms with Crippen molar-refractivity contribution in [3.05, 3.63) is 106 Å². The quantitative estimate of drug-likeness (QED) is 0.423. The third-order valence-electron chi connectivity index (χ3n) is 7.60. The Morgan fingerprint density at radius 3 is 1.63 bits per heavy atom. The Morgan fingerprint density at radius 2 is 1.20 bits per heavy atom. The second-order valence-corrected chi connectivity index (χ2v) is 11.3. The van der Waals surface area contributed by atoms with Gasteiger partial charge in [-0.25, -0.2) is 0 Å². The molecule has 3 aromatic carbocycles. The Morgan fingerprint density at radius 1 is 0.771 bits per heavy atom. The fraction of sp³-hybridized carbons (Fsp3) is 0.406. The molecule has 0 bridgehead atoms. The number of Topliss-reactive ketones (excluding diaryl/α,β-unsaturated/α-hetero) is 1. The highest BCUT2D eigenvalue weighted by Gasteiger charge is 2.41. The molecular weight excluding hydrogens is 430 g/mol. The molecule has 1 saturated heterocycles. The first-order valence-corrected chi connectivity index (χ1v) is 12.8. The lowest BCUT2D eigenvalue weighted by molar-refractivity contribution is -0.0133. The van der Waals surface area contributed by atoms with E-state index in [4.69, 9.17) is 0 Å².